The quantitative estimate of drug-likeness (QED) is 0.410. The summed E-state index contributed by atoms with van der Waals surface area (Å²) in [5.41, 5.74) is 0. The summed E-state index contributed by atoms with van der Waals surface area (Å²) in [6, 6.07) is 0. The van der Waals surface area contributed by atoms with Crippen molar-refractivity contribution in [1.29, 1.82) is 0 Å². The van der Waals surface area contributed by atoms with Crippen LogP contribution in [0.15, 0.2) is 0 Å². The number of rotatable bonds is 7. The summed E-state index contributed by atoms with van der Waals surface area (Å²) in [5, 5.41) is 0. The normalized spacial score (nSPS) is 10.9. The van der Waals surface area contributed by atoms with E-state index < -0.39 is 0 Å². The molecule has 0 aliphatic rings. The first kappa shape index (κ1) is 10.9. The lowest BCUT2D eigenvalue weighted by Crippen LogP contribution is -2.25. The van der Waals surface area contributed by atoms with E-state index in [1.807, 2.05) is 7.05 Å². The van der Waals surface area contributed by atoms with Gasteiger partial charge in [-0.2, -0.15) is 0 Å². The summed E-state index contributed by atoms with van der Waals surface area (Å²) < 4.78 is 10.2. The van der Waals surface area contributed by atoms with E-state index in [0.717, 1.165) is 26.2 Å². The van der Waals surface area contributed by atoms with Crippen LogP contribution in [0.5, 0.6) is 0 Å². The Morgan fingerprint density at radius 3 is 2.55 bits per heavy atom. The molecule has 0 saturated heterocycles. The molecule has 0 amide bonds. The molecule has 0 rings (SSSR count). The second-order valence-corrected chi connectivity index (χ2v) is 2.61. The van der Waals surface area contributed by atoms with Gasteiger partial charge in [0.05, 0.1) is 13.3 Å². The Kier molecular flexibility index (Phi) is 7.89. The van der Waals surface area contributed by atoms with Gasteiger partial charge >= 0.3 is 0 Å². The minimum atomic E-state index is 0.676. The highest BCUT2D eigenvalue weighted by atomic mass is 16.5. The third-order valence-electron chi connectivity index (χ3n) is 1.32. The predicted molar refractivity (Wildman–Crippen MR) is 45.6 cm³/mol. The molecule has 0 aromatic rings. The van der Waals surface area contributed by atoms with Crippen LogP contribution in [-0.4, -0.2) is 45.5 Å². The lowest BCUT2D eigenvalue weighted by atomic mass is 10.5. The molecular weight excluding hydrogens is 142 g/mol. The first-order valence-electron chi connectivity index (χ1n) is 4.06. The van der Waals surface area contributed by atoms with E-state index in [2.05, 4.69) is 11.8 Å². The molecular formula is C8H19NO2. The van der Waals surface area contributed by atoms with Gasteiger partial charge in [-0.15, -0.1) is 0 Å². The second kappa shape index (κ2) is 7.98. The molecule has 0 aliphatic carbocycles. The minimum absolute atomic E-state index is 0.676. The number of ether oxygens (including phenoxy) is 2. The maximum atomic E-state index is 5.30. The van der Waals surface area contributed by atoms with E-state index in [4.69, 9.17) is 9.47 Å². The third-order valence-corrected chi connectivity index (χ3v) is 1.32. The van der Waals surface area contributed by atoms with Crippen molar-refractivity contribution in [2.24, 2.45) is 0 Å². The van der Waals surface area contributed by atoms with Gasteiger partial charge in [0, 0.05) is 20.3 Å². The first-order chi connectivity index (χ1) is 5.31. The molecule has 0 atom stereocenters. The zero-order valence-electron chi connectivity index (χ0n) is 7.80. The van der Waals surface area contributed by atoms with Crippen molar-refractivity contribution in [3.8, 4) is 0 Å². The Balaban J connectivity index is 2.97. The Morgan fingerprint density at radius 1 is 1.27 bits per heavy atom. The van der Waals surface area contributed by atoms with Gasteiger partial charge in [-0.3, -0.25) is 4.90 Å². The molecule has 0 unspecified atom stereocenters. The fraction of sp³-hybridized carbons (Fsp3) is 1.00. The van der Waals surface area contributed by atoms with Crippen molar-refractivity contribution in [3.05, 3.63) is 0 Å². The largest absolute Gasteiger partial charge is 0.380 e. The van der Waals surface area contributed by atoms with Crippen LogP contribution in [0.3, 0.4) is 0 Å². The summed E-state index contributed by atoms with van der Waals surface area (Å²) in [6.45, 7) is 5.39. The van der Waals surface area contributed by atoms with Crippen LogP contribution < -0.4 is 0 Å². The van der Waals surface area contributed by atoms with Crippen LogP contribution in [0.25, 0.3) is 0 Å². The molecule has 0 saturated carbocycles. The third kappa shape index (κ3) is 7.78. The molecule has 0 N–H and O–H groups in total. The average molecular weight is 161 g/mol. The van der Waals surface area contributed by atoms with E-state index in [0.29, 0.717) is 6.73 Å². The standard InChI is InChI=1S/C8H19NO2/c1-4-6-11-7-5-9(2)8-10-3/h4-8H2,1-3H3. The van der Waals surface area contributed by atoms with Crippen molar-refractivity contribution in [3.63, 3.8) is 0 Å². The van der Waals surface area contributed by atoms with Gasteiger partial charge in [-0.05, 0) is 13.5 Å². The molecule has 0 heterocycles. The molecule has 3 heteroatoms. The lowest BCUT2D eigenvalue weighted by Gasteiger charge is -2.14. The maximum absolute atomic E-state index is 5.30. The molecule has 11 heavy (non-hydrogen) atoms. The van der Waals surface area contributed by atoms with Gasteiger partial charge < -0.3 is 9.47 Å². The van der Waals surface area contributed by atoms with Crippen LogP contribution >= 0.6 is 0 Å². The summed E-state index contributed by atoms with van der Waals surface area (Å²) in [5.74, 6) is 0. The predicted octanol–water partition coefficient (Wildman–Crippen LogP) is 0.949. The molecule has 0 radical (unpaired) electrons. The molecule has 0 fully saturated rings. The highest BCUT2D eigenvalue weighted by Crippen LogP contribution is 1.84. The van der Waals surface area contributed by atoms with E-state index in [1.54, 1.807) is 7.11 Å². The SMILES string of the molecule is CCCOCCN(C)COC. The number of nitrogens with zero attached hydrogens (tertiary/aromatic N) is 1. The van der Waals surface area contributed by atoms with Gasteiger partial charge in [0.15, 0.2) is 0 Å². The van der Waals surface area contributed by atoms with E-state index in [-0.39, 0.29) is 0 Å². The van der Waals surface area contributed by atoms with E-state index in [1.165, 1.54) is 0 Å². The van der Waals surface area contributed by atoms with Gasteiger partial charge in [0.2, 0.25) is 0 Å². The molecule has 0 spiro atoms. The van der Waals surface area contributed by atoms with Crippen LogP contribution in [0.2, 0.25) is 0 Å². The molecule has 68 valence electrons. The summed E-state index contributed by atoms with van der Waals surface area (Å²) in [6.07, 6.45) is 1.09. The van der Waals surface area contributed by atoms with Crippen LogP contribution in [0.1, 0.15) is 13.3 Å². The highest BCUT2D eigenvalue weighted by molar-refractivity contribution is 4.42. The first-order valence-corrected chi connectivity index (χ1v) is 4.06. The molecule has 0 aromatic heterocycles. The van der Waals surface area contributed by atoms with Crippen molar-refractivity contribution >= 4 is 0 Å². The molecule has 0 aromatic carbocycles. The van der Waals surface area contributed by atoms with Gasteiger partial charge in [0.1, 0.15) is 0 Å². The zero-order valence-corrected chi connectivity index (χ0v) is 7.80. The van der Waals surface area contributed by atoms with Crippen LogP contribution in [0, 0.1) is 0 Å². The molecule has 0 bridgehead atoms. The van der Waals surface area contributed by atoms with Crippen molar-refractivity contribution in [2.75, 3.05) is 40.6 Å². The topological polar surface area (TPSA) is 21.7 Å². The number of hydrogen-bond acceptors (Lipinski definition) is 3. The lowest BCUT2D eigenvalue weighted by molar-refractivity contribution is 0.0497. The molecule has 0 aliphatic heterocycles. The fourth-order valence-electron chi connectivity index (χ4n) is 0.752. The smallest absolute Gasteiger partial charge is 0.0984 e. The van der Waals surface area contributed by atoms with Gasteiger partial charge in [-0.25, -0.2) is 0 Å². The van der Waals surface area contributed by atoms with Crippen LogP contribution in [-0.2, 0) is 9.47 Å². The summed E-state index contributed by atoms with van der Waals surface area (Å²) >= 11 is 0. The molecule has 3 nitrogen and oxygen atoms in total. The number of likely N-dealkylation sites (N-methyl/N-ethyl adjacent to an activating group) is 1. The fourth-order valence-corrected chi connectivity index (χ4v) is 0.752. The minimum Gasteiger partial charge on any atom is -0.380 e. The average Bonchev–Trinajstić information content (AvgIpc) is 1.99. The Bertz CT molecular complexity index is 78.5. The number of methoxy groups -OCH3 is 1. The second-order valence-electron chi connectivity index (χ2n) is 2.61. The Morgan fingerprint density at radius 2 is 2.00 bits per heavy atom. The Hall–Kier alpha value is -0.120. The zero-order chi connectivity index (χ0) is 8.53. The van der Waals surface area contributed by atoms with Crippen molar-refractivity contribution in [2.45, 2.75) is 13.3 Å². The Labute approximate surface area is 69.3 Å². The van der Waals surface area contributed by atoms with Crippen molar-refractivity contribution in [1.82, 2.24) is 4.90 Å². The van der Waals surface area contributed by atoms with Gasteiger partial charge in [-0.1, -0.05) is 6.92 Å². The van der Waals surface area contributed by atoms with Crippen LogP contribution in [0.4, 0.5) is 0 Å². The van der Waals surface area contributed by atoms with E-state index >= 15 is 0 Å². The maximum Gasteiger partial charge on any atom is 0.0984 e. The van der Waals surface area contributed by atoms with E-state index in [9.17, 15) is 0 Å². The van der Waals surface area contributed by atoms with Gasteiger partial charge in [0.25, 0.3) is 0 Å². The summed E-state index contributed by atoms with van der Waals surface area (Å²) in [4.78, 5) is 2.08. The number of hydrogen-bond donors (Lipinski definition) is 0. The van der Waals surface area contributed by atoms with Crippen molar-refractivity contribution < 1.29 is 9.47 Å². The summed E-state index contributed by atoms with van der Waals surface area (Å²) in [7, 11) is 3.71. The highest BCUT2D eigenvalue weighted by Gasteiger charge is 1.94. The monoisotopic (exact) mass is 161 g/mol.